The molecule has 0 saturated carbocycles. The molecule has 11 heavy (non-hydrogen) atoms. The van der Waals surface area contributed by atoms with Gasteiger partial charge in [0, 0.05) is 5.38 Å². The maximum atomic E-state index is 5.39. The van der Waals surface area contributed by atoms with Gasteiger partial charge in [0.2, 0.25) is 0 Å². The van der Waals surface area contributed by atoms with Gasteiger partial charge in [-0.1, -0.05) is 0 Å². The van der Waals surface area contributed by atoms with Gasteiger partial charge in [0.15, 0.2) is 0 Å². The Bertz CT molecular complexity index is 220. The lowest BCUT2D eigenvalue weighted by atomic mass is 10.4. The van der Waals surface area contributed by atoms with Crippen LogP contribution in [0.2, 0.25) is 0 Å². The molecule has 1 rings (SSSR count). The summed E-state index contributed by atoms with van der Waals surface area (Å²) in [4.78, 5) is 4.28. The van der Waals surface area contributed by atoms with Crippen LogP contribution in [0.25, 0.3) is 0 Å². The number of nitrogens with zero attached hydrogens (tertiary/aromatic N) is 1. The van der Waals surface area contributed by atoms with Crippen molar-refractivity contribution in [2.75, 3.05) is 0 Å². The Morgan fingerprint density at radius 1 is 1.64 bits per heavy atom. The quantitative estimate of drug-likeness (QED) is 0.696. The Hall–Kier alpha value is -0.410. The molecular weight excluding hydrogens is 158 g/mol. The Balaban J connectivity index is 2.39. The summed E-state index contributed by atoms with van der Waals surface area (Å²) in [6.45, 7) is 6.70. The molecule has 1 aromatic heterocycles. The van der Waals surface area contributed by atoms with Crippen molar-refractivity contribution in [3.63, 3.8) is 0 Å². The first kappa shape index (κ1) is 8.68. The highest BCUT2D eigenvalue weighted by molar-refractivity contribution is 7.09. The molecule has 0 amide bonds. The molecule has 0 aromatic carbocycles. The van der Waals surface area contributed by atoms with E-state index in [4.69, 9.17) is 4.74 Å². The molecule has 0 fully saturated rings. The second kappa shape index (κ2) is 3.83. The van der Waals surface area contributed by atoms with E-state index in [0.29, 0.717) is 6.61 Å². The molecule has 0 N–H and O–H groups in total. The molecule has 3 heteroatoms. The summed E-state index contributed by atoms with van der Waals surface area (Å²) < 4.78 is 5.39. The third-order valence-electron chi connectivity index (χ3n) is 1.23. The predicted octanol–water partition coefficient (Wildman–Crippen LogP) is 2.38. The van der Waals surface area contributed by atoms with Gasteiger partial charge in [-0.15, -0.1) is 11.3 Å². The molecular formula is C8H13NOS. The number of ether oxygens (including phenoxy) is 1. The van der Waals surface area contributed by atoms with Crippen LogP contribution in [0.15, 0.2) is 5.38 Å². The maximum Gasteiger partial charge on any atom is 0.0900 e. The minimum Gasteiger partial charge on any atom is -0.372 e. The first-order valence-corrected chi connectivity index (χ1v) is 4.59. The Kier molecular flexibility index (Phi) is 3.02. The summed E-state index contributed by atoms with van der Waals surface area (Å²) in [6, 6.07) is 0. The molecule has 0 saturated heterocycles. The molecule has 0 aliphatic carbocycles. The highest BCUT2D eigenvalue weighted by Crippen LogP contribution is 2.09. The molecule has 0 unspecified atom stereocenters. The van der Waals surface area contributed by atoms with Crippen molar-refractivity contribution in [3.05, 3.63) is 16.1 Å². The van der Waals surface area contributed by atoms with Crippen molar-refractivity contribution >= 4 is 11.3 Å². The molecule has 1 heterocycles. The number of aryl methyl sites for hydroxylation is 1. The van der Waals surface area contributed by atoms with Crippen molar-refractivity contribution in [1.29, 1.82) is 0 Å². The summed E-state index contributed by atoms with van der Waals surface area (Å²) in [5.41, 5.74) is 1.04. The van der Waals surface area contributed by atoms with E-state index >= 15 is 0 Å². The van der Waals surface area contributed by atoms with Crippen LogP contribution in [0.1, 0.15) is 24.5 Å². The van der Waals surface area contributed by atoms with E-state index < -0.39 is 0 Å². The van der Waals surface area contributed by atoms with Crippen LogP contribution in [0.4, 0.5) is 0 Å². The fraction of sp³-hybridized carbons (Fsp3) is 0.625. The van der Waals surface area contributed by atoms with E-state index in [0.717, 1.165) is 10.7 Å². The van der Waals surface area contributed by atoms with Gasteiger partial charge in [-0.2, -0.15) is 0 Å². The third-order valence-corrected chi connectivity index (χ3v) is 2.05. The first-order valence-electron chi connectivity index (χ1n) is 3.71. The number of hydrogen-bond donors (Lipinski definition) is 0. The molecule has 1 aromatic rings. The monoisotopic (exact) mass is 171 g/mol. The first-order chi connectivity index (χ1) is 5.18. The van der Waals surface area contributed by atoms with Crippen LogP contribution < -0.4 is 0 Å². The second-order valence-electron chi connectivity index (χ2n) is 2.72. The van der Waals surface area contributed by atoms with Gasteiger partial charge in [0.1, 0.15) is 0 Å². The van der Waals surface area contributed by atoms with Crippen molar-refractivity contribution < 1.29 is 4.74 Å². The number of thiazole rings is 1. The van der Waals surface area contributed by atoms with Gasteiger partial charge >= 0.3 is 0 Å². The largest absolute Gasteiger partial charge is 0.372 e. The summed E-state index contributed by atoms with van der Waals surface area (Å²) in [5.74, 6) is 0. The Morgan fingerprint density at radius 2 is 2.36 bits per heavy atom. The van der Waals surface area contributed by atoms with Crippen LogP contribution in [-0.2, 0) is 11.3 Å². The van der Waals surface area contributed by atoms with Gasteiger partial charge in [-0.25, -0.2) is 4.98 Å². The average molecular weight is 171 g/mol. The standard InChI is InChI=1S/C8H13NOS/c1-6(2)10-4-8-5-11-7(3)9-8/h5-6H,4H2,1-3H3. The van der Waals surface area contributed by atoms with Gasteiger partial charge < -0.3 is 4.74 Å². The van der Waals surface area contributed by atoms with Crippen LogP contribution in [0.5, 0.6) is 0 Å². The van der Waals surface area contributed by atoms with Crippen LogP contribution in [-0.4, -0.2) is 11.1 Å². The molecule has 0 spiro atoms. The molecule has 0 bridgehead atoms. The van der Waals surface area contributed by atoms with E-state index in [-0.39, 0.29) is 6.10 Å². The lowest BCUT2D eigenvalue weighted by Crippen LogP contribution is -2.02. The molecule has 62 valence electrons. The van der Waals surface area contributed by atoms with Crippen molar-refractivity contribution in [2.45, 2.75) is 33.5 Å². The summed E-state index contributed by atoms with van der Waals surface area (Å²) in [5, 5.41) is 3.14. The maximum absolute atomic E-state index is 5.39. The third kappa shape index (κ3) is 2.99. The van der Waals surface area contributed by atoms with Gasteiger partial charge in [-0.3, -0.25) is 0 Å². The predicted molar refractivity (Wildman–Crippen MR) is 46.8 cm³/mol. The van der Waals surface area contributed by atoms with Crippen LogP contribution in [0.3, 0.4) is 0 Å². The number of hydrogen-bond acceptors (Lipinski definition) is 3. The van der Waals surface area contributed by atoms with E-state index in [1.54, 1.807) is 11.3 Å². The van der Waals surface area contributed by atoms with Crippen LogP contribution in [0, 0.1) is 6.92 Å². The number of aromatic nitrogens is 1. The van der Waals surface area contributed by atoms with Crippen molar-refractivity contribution in [3.8, 4) is 0 Å². The number of rotatable bonds is 3. The highest BCUT2D eigenvalue weighted by atomic mass is 32.1. The highest BCUT2D eigenvalue weighted by Gasteiger charge is 1.99. The summed E-state index contributed by atoms with van der Waals surface area (Å²) in [6.07, 6.45) is 0.289. The minimum absolute atomic E-state index is 0.289. The molecule has 0 aliphatic rings. The summed E-state index contributed by atoms with van der Waals surface area (Å²) >= 11 is 1.66. The van der Waals surface area contributed by atoms with Crippen molar-refractivity contribution in [2.24, 2.45) is 0 Å². The zero-order valence-electron chi connectivity index (χ0n) is 7.13. The molecule has 2 nitrogen and oxygen atoms in total. The molecule has 0 atom stereocenters. The van der Waals surface area contributed by atoms with E-state index in [9.17, 15) is 0 Å². The molecule has 0 radical (unpaired) electrons. The van der Waals surface area contributed by atoms with Crippen molar-refractivity contribution in [1.82, 2.24) is 4.98 Å². The minimum atomic E-state index is 0.289. The Labute approximate surface area is 71.2 Å². The smallest absolute Gasteiger partial charge is 0.0900 e. The van der Waals surface area contributed by atoms with Crippen LogP contribution >= 0.6 is 11.3 Å². The van der Waals surface area contributed by atoms with Gasteiger partial charge in [0.25, 0.3) is 0 Å². The topological polar surface area (TPSA) is 22.1 Å². The normalized spacial score (nSPS) is 10.9. The summed E-state index contributed by atoms with van der Waals surface area (Å²) in [7, 11) is 0. The fourth-order valence-electron chi connectivity index (χ4n) is 0.727. The van der Waals surface area contributed by atoms with E-state index in [1.807, 2.05) is 26.2 Å². The average Bonchev–Trinajstić information content (AvgIpc) is 2.31. The fourth-order valence-corrected chi connectivity index (χ4v) is 1.32. The van der Waals surface area contributed by atoms with Gasteiger partial charge in [-0.05, 0) is 20.8 Å². The van der Waals surface area contributed by atoms with E-state index in [2.05, 4.69) is 4.98 Å². The zero-order chi connectivity index (χ0) is 8.27. The SMILES string of the molecule is Cc1nc(COC(C)C)cs1. The lowest BCUT2D eigenvalue weighted by molar-refractivity contribution is 0.0638. The van der Waals surface area contributed by atoms with Gasteiger partial charge in [0.05, 0.1) is 23.4 Å². The Morgan fingerprint density at radius 3 is 2.82 bits per heavy atom. The zero-order valence-corrected chi connectivity index (χ0v) is 7.94. The lowest BCUT2D eigenvalue weighted by Gasteiger charge is -2.03. The molecule has 0 aliphatic heterocycles. The van der Waals surface area contributed by atoms with E-state index in [1.165, 1.54) is 0 Å². The second-order valence-corrected chi connectivity index (χ2v) is 3.78.